The monoisotopic (exact) mass is 275 g/mol. The third kappa shape index (κ3) is 2.71. The van der Waals surface area contributed by atoms with Crippen molar-refractivity contribution < 1.29 is 4.79 Å². The lowest BCUT2D eigenvalue weighted by molar-refractivity contribution is -0.125. The highest BCUT2D eigenvalue weighted by Gasteiger charge is 2.26. The van der Waals surface area contributed by atoms with Gasteiger partial charge >= 0.3 is 0 Å². The molecule has 0 saturated carbocycles. The Bertz CT molecular complexity index is 574. The Hall–Kier alpha value is -1.62. The lowest BCUT2D eigenvalue weighted by atomic mass is 9.89. The smallest absolute Gasteiger partial charge is 0.223 e. The van der Waals surface area contributed by atoms with E-state index in [1.165, 1.54) is 4.88 Å². The van der Waals surface area contributed by atoms with Crippen molar-refractivity contribution >= 4 is 17.2 Å². The molecular formula is C14H17N3OS. The summed E-state index contributed by atoms with van der Waals surface area (Å²) in [5.41, 5.74) is 2.28. The second kappa shape index (κ2) is 5.17. The average Bonchev–Trinajstić information content (AvgIpc) is 3.02. The molecule has 1 atom stereocenters. The lowest BCUT2D eigenvalue weighted by Crippen LogP contribution is -2.33. The van der Waals surface area contributed by atoms with Gasteiger partial charge < -0.3 is 10.3 Å². The number of thiophene rings is 1. The molecular weight excluding hydrogens is 258 g/mol. The molecule has 4 nitrogen and oxygen atoms in total. The first-order valence-electron chi connectivity index (χ1n) is 6.57. The van der Waals surface area contributed by atoms with Gasteiger partial charge in [-0.15, -0.1) is 11.3 Å². The Kier molecular flexibility index (Phi) is 3.38. The van der Waals surface area contributed by atoms with Crippen molar-refractivity contribution in [3.63, 3.8) is 0 Å². The van der Waals surface area contributed by atoms with Gasteiger partial charge in [0.05, 0.1) is 12.2 Å². The first kappa shape index (κ1) is 12.4. The molecule has 2 N–H and O–H groups in total. The highest BCUT2D eigenvalue weighted by atomic mass is 32.1. The molecule has 2 heterocycles. The molecule has 3 rings (SSSR count). The summed E-state index contributed by atoms with van der Waals surface area (Å²) >= 11 is 1.67. The number of hydrogen-bond acceptors (Lipinski definition) is 3. The van der Waals surface area contributed by atoms with Gasteiger partial charge in [0.15, 0.2) is 0 Å². The summed E-state index contributed by atoms with van der Waals surface area (Å²) in [4.78, 5) is 21.1. The van der Waals surface area contributed by atoms with Gasteiger partial charge in [-0.3, -0.25) is 4.79 Å². The molecule has 0 unspecified atom stereocenters. The van der Waals surface area contributed by atoms with Gasteiger partial charge in [-0.2, -0.15) is 0 Å². The van der Waals surface area contributed by atoms with E-state index in [1.807, 2.05) is 24.4 Å². The summed E-state index contributed by atoms with van der Waals surface area (Å²) in [6, 6.07) is 4.05. The number of H-pyrrole nitrogens is 1. The van der Waals surface area contributed by atoms with Crippen LogP contribution in [0.2, 0.25) is 0 Å². The molecule has 0 aliphatic heterocycles. The molecule has 0 fully saturated rings. The Morgan fingerprint density at radius 2 is 2.53 bits per heavy atom. The van der Waals surface area contributed by atoms with Crippen LogP contribution in [0.4, 0.5) is 0 Å². The first-order valence-corrected chi connectivity index (χ1v) is 7.45. The fourth-order valence-electron chi connectivity index (χ4n) is 2.58. The SMILES string of the molecule is Cc1nc2c([nH]1)C[C@H](C(=O)NCc1cccs1)CC2. The van der Waals surface area contributed by atoms with Crippen molar-refractivity contribution in [3.05, 3.63) is 39.6 Å². The number of nitrogens with one attached hydrogen (secondary N) is 2. The van der Waals surface area contributed by atoms with Gasteiger partial charge in [0, 0.05) is 22.9 Å². The highest BCUT2D eigenvalue weighted by molar-refractivity contribution is 7.09. The molecule has 1 amide bonds. The number of hydrogen-bond donors (Lipinski definition) is 2. The fraction of sp³-hybridized carbons (Fsp3) is 0.429. The van der Waals surface area contributed by atoms with Crippen LogP contribution in [-0.4, -0.2) is 15.9 Å². The second-order valence-corrected chi connectivity index (χ2v) is 6.02. The van der Waals surface area contributed by atoms with Gasteiger partial charge in [-0.1, -0.05) is 6.07 Å². The van der Waals surface area contributed by atoms with E-state index in [2.05, 4.69) is 15.3 Å². The molecule has 0 aromatic carbocycles. The number of aromatic nitrogens is 2. The van der Waals surface area contributed by atoms with Crippen LogP contribution < -0.4 is 5.32 Å². The van der Waals surface area contributed by atoms with Crippen LogP contribution >= 0.6 is 11.3 Å². The molecule has 2 aromatic rings. The molecule has 1 aliphatic rings. The van der Waals surface area contributed by atoms with Crippen LogP contribution in [-0.2, 0) is 24.2 Å². The number of carbonyl (C=O) groups is 1. The van der Waals surface area contributed by atoms with E-state index in [-0.39, 0.29) is 11.8 Å². The number of nitrogens with zero attached hydrogens (tertiary/aromatic N) is 1. The van der Waals surface area contributed by atoms with Crippen molar-refractivity contribution in [2.45, 2.75) is 32.7 Å². The minimum Gasteiger partial charge on any atom is -0.351 e. The van der Waals surface area contributed by atoms with Gasteiger partial charge in [0.1, 0.15) is 5.82 Å². The molecule has 0 spiro atoms. The standard InChI is InChI=1S/C14H17N3OS/c1-9-16-12-5-4-10(7-13(12)17-9)14(18)15-8-11-3-2-6-19-11/h2-3,6,10H,4-5,7-8H2,1H3,(H,15,18)(H,16,17)/t10-/m1/s1. The van der Waals surface area contributed by atoms with Gasteiger partial charge in [-0.05, 0) is 31.2 Å². The minimum atomic E-state index is 0.0762. The number of imidazole rings is 1. The Labute approximate surface area is 116 Å². The summed E-state index contributed by atoms with van der Waals surface area (Å²) in [5, 5.41) is 5.06. The van der Waals surface area contributed by atoms with Crippen LogP contribution in [0.3, 0.4) is 0 Å². The number of fused-ring (bicyclic) bond motifs is 1. The molecule has 2 aromatic heterocycles. The zero-order valence-electron chi connectivity index (χ0n) is 10.9. The summed E-state index contributed by atoms with van der Waals surface area (Å²) in [5.74, 6) is 1.18. The van der Waals surface area contributed by atoms with E-state index in [0.29, 0.717) is 6.54 Å². The Morgan fingerprint density at radius 1 is 1.63 bits per heavy atom. The van der Waals surface area contributed by atoms with Gasteiger partial charge in [-0.25, -0.2) is 4.98 Å². The average molecular weight is 275 g/mol. The third-order valence-electron chi connectivity index (χ3n) is 3.55. The van der Waals surface area contributed by atoms with Crippen LogP contribution in [0.1, 0.15) is 28.5 Å². The summed E-state index contributed by atoms with van der Waals surface area (Å²) < 4.78 is 0. The fourth-order valence-corrected chi connectivity index (χ4v) is 3.22. The predicted octanol–water partition coefficient (Wildman–Crippen LogP) is 2.20. The highest BCUT2D eigenvalue weighted by Crippen LogP contribution is 2.24. The van der Waals surface area contributed by atoms with Gasteiger partial charge in [0.25, 0.3) is 0 Å². The van der Waals surface area contributed by atoms with Crippen molar-refractivity contribution in [1.29, 1.82) is 0 Å². The molecule has 5 heteroatoms. The van der Waals surface area contributed by atoms with Crippen LogP contribution in [0.5, 0.6) is 0 Å². The molecule has 0 bridgehead atoms. The largest absolute Gasteiger partial charge is 0.351 e. The Balaban J connectivity index is 1.59. The topological polar surface area (TPSA) is 57.8 Å². The maximum Gasteiger partial charge on any atom is 0.223 e. The van der Waals surface area contributed by atoms with E-state index in [9.17, 15) is 4.79 Å². The summed E-state index contributed by atoms with van der Waals surface area (Å²) in [6.07, 6.45) is 2.58. The summed E-state index contributed by atoms with van der Waals surface area (Å²) in [7, 11) is 0. The van der Waals surface area contributed by atoms with E-state index < -0.39 is 0 Å². The van der Waals surface area contributed by atoms with E-state index >= 15 is 0 Å². The molecule has 1 aliphatic carbocycles. The second-order valence-electron chi connectivity index (χ2n) is 4.98. The normalized spacial score (nSPS) is 18.1. The zero-order valence-corrected chi connectivity index (χ0v) is 11.7. The number of aromatic amines is 1. The van der Waals surface area contributed by atoms with Crippen molar-refractivity contribution in [2.75, 3.05) is 0 Å². The maximum absolute atomic E-state index is 12.2. The van der Waals surface area contributed by atoms with Crippen molar-refractivity contribution in [2.24, 2.45) is 5.92 Å². The van der Waals surface area contributed by atoms with Crippen molar-refractivity contribution in [1.82, 2.24) is 15.3 Å². The number of amides is 1. The van der Waals surface area contributed by atoms with E-state index in [4.69, 9.17) is 0 Å². The molecule has 0 radical (unpaired) electrons. The Morgan fingerprint density at radius 3 is 3.32 bits per heavy atom. The zero-order chi connectivity index (χ0) is 13.2. The first-order chi connectivity index (χ1) is 9.22. The molecule has 0 saturated heterocycles. The van der Waals surface area contributed by atoms with Gasteiger partial charge in [0.2, 0.25) is 5.91 Å². The van der Waals surface area contributed by atoms with E-state index in [0.717, 1.165) is 36.5 Å². The number of rotatable bonds is 3. The third-order valence-corrected chi connectivity index (χ3v) is 4.43. The quantitative estimate of drug-likeness (QED) is 0.902. The number of carbonyl (C=O) groups excluding carboxylic acids is 1. The summed E-state index contributed by atoms with van der Waals surface area (Å²) in [6.45, 7) is 2.60. The molecule has 100 valence electrons. The molecule has 19 heavy (non-hydrogen) atoms. The van der Waals surface area contributed by atoms with Crippen molar-refractivity contribution in [3.8, 4) is 0 Å². The number of aryl methyl sites for hydroxylation is 2. The predicted molar refractivity (Wildman–Crippen MR) is 75.0 cm³/mol. The van der Waals surface area contributed by atoms with Crippen LogP contribution in [0.15, 0.2) is 17.5 Å². The van der Waals surface area contributed by atoms with E-state index in [1.54, 1.807) is 11.3 Å². The maximum atomic E-state index is 12.2. The van der Waals surface area contributed by atoms with Crippen LogP contribution in [0, 0.1) is 12.8 Å². The van der Waals surface area contributed by atoms with Crippen LogP contribution in [0.25, 0.3) is 0 Å². The lowest BCUT2D eigenvalue weighted by Gasteiger charge is -2.20. The minimum absolute atomic E-state index is 0.0762.